The van der Waals surface area contributed by atoms with E-state index in [-0.39, 0.29) is 23.2 Å². The lowest BCUT2D eigenvalue weighted by Gasteiger charge is -2.52. The molecule has 4 fully saturated rings. The smallest absolute Gasteiger partial charge is 0.225 e. The van der Waals surface area contributed by atoms with Crippen LogP contribution in [0.25, 0.3) is 0 Å². The van der Waals surface area contributed by atoms with Crippen LogP contribution in [0.4, 0.5) is 0 Å². The standard InChI is InChI=1S/C17H28N2O3/c18-17(21)14-4-3-13(10-14)16(17)5-1-2-12(11-16)15(20)19-6-8-22-9-7-19/h12-14,21H,1-11,18H2/t12-,13-,14+,16+,17?/m1/s1. The van der Waals surface area contributed by atoms with Crippen molar-refractivity contribution in [3.8, 4) is 0 Å². The number of hydrogen-bond acceptors (Lipinski definition) is 4. The van der Waals surface area contributed by atoms with Gasteiger partial charge in [-0.2, -0.15) is 0 Å². The van der Waals surface area contributed by atoms with Gasteiger partial charge in [0, 0.05) is 30.3 Å². The molecule has 124 valence electrons. The van der Waals surface area contributed by atoms with Gasteiger partial charge in [0.1, 0.15) is 5.72 Å². The number of carbonyl (C=O) groups is 1. The molecule has 3 aliphatic carbocycles. The molecule has 4 aliphatic rings. The summed E-state index contributed by atoms with van der Waals surface area (Å²) in [6.07, 6.45) is 7.05. The Labute approximate surface area is 132 Å². The monoisotopic (exact) mass is 308 g/mol. The van der Waals surface area contributed by atoms with E-state index < -0.39 is 5.72 Å². The highest BCUT2D eigenvalue weighted by atomic mass is 16.5. The SMILES string of the molecule is NC1(O)[C@H]2CC[C@H](C2)[C@@]12CCC[C@@H](C(=O)N1CCOCC1)C2. The first kappa shape index (κ1) is 14.9. The number of hydrogen-bond donors (Lipinski definition) is 2. The maximum atomic E-state index is 12.9. The van der Waals surface area contributed by atoms with Gasteiger partial charge in [0.2, 0.25) is 5.91 Å². The van der Waals surface area contributed by atoms with Crippen molar-refractivity contribution < 1.29 is 14.6 Å². The summed E-state index contributed by atoms with van der Waals surface area (Å²) in [4.78, 5) is 14.8. The molecule has 5 atom stereocenters. The number of carbonyl (C=O) groups excluding carboxylic acids is 1. The first-order valence-electron chi connectivity index (χ1n) is 8.92. The third kappa shape index (κ3) is 1.98. The third-order valence-corrected chi connectivity index (χ3v) is 7.09. The van der Waals surface area contributed by atoms with E-state index in [0.29, 0.717) is 32.2 Å². The molecule has 5 heteroatoms. The van der Waals surface area contributed by atoms with Crippen molar-refractivity contribution in [1.82, 2.24) is 4.90 Å². The number of nitrogens with zero attached hydrogens (tertiary/aromatic N) is 1. The first-order chi connectivity index (χ1) is 10.5. The molecule has 3 saturated carbocycles. The molecule has 5 nitrogen and oxygen atoms in total. The summed E-state index contributed by atoms with van der Waals surface area (Å²) in [5, 5.41) is 11.0. The maximum absolute atomic E-state index is 12.9. The van der Waals surface area contributed by atoms with E-state index in [0.717, 1.165) is 38.5 Å². The lowest BCUT2D eigenvalue weighted by molar-refractivity contribution is -0.160. The van der Waals surface area contributed by atoms with Crippen LogP contribution in [-0.4, -0.2) is 47.9 Å². The van der Waals surface area contributed by atoms with E-state index in [2.05, 4.69) is 0 Å². The maximum Gasteiger partial charge on any atom is 0.225 e. The molecule has 1 amide bonds. The van der Waals surface area contributed by atoms with E-state index in [1.54, 1.807) is 0 Å². The first-order valence-corrected chi connectivity index (χ1v) is 8.92. The van der Waals surface area contributed by atoms with E-state index in [9.17, 15) is 9.90 Å². The number of rotatable bonds is 1. The van der Waals surface area contributed by atoms with E-state index in [1.807, 2.05) is 4.90 Å². The zero-order chi connectivity index (χ0) is 15.4. The zero-order valence-corrected chi connectivity index (χ0v) is 13.3. The van der Waals surface area contributed by atoms with Crippen molar-refractivity contribution >= 4 is 5.91 Å². The van der Waals surface area contributed by atoms with Gasteiger partial charge in [0.25, 0.3) is 0 Å². The topological polar surface area (TPSA) is 75.8 Å². The van der Waals surface area contributed by atoms with Gasteiger partial charge in [-0.3, -0.25) is 4.79 Å². The predicted octanol–water partition coefficient (Wildman–Crippen LogP) is 1.10. The molecule has 0 aromatic carbocycles. The molecule has 4 rings (SSSR count). The molecule has 0 aromatic heterocycles. The predicted molar refractivity (Wildman–Crippen MR) is 81.8 cm³/mol. The Morgan fingerprint density at radius 1 is 1.18 bits per heavy atom. The third-order valence-electron chi connectivity index (χ3n) is 7.09. The Morgan fingerprint density at radius 2 is 1.91 bits per heavy atom. The van der Waals surface area contributed by atoms with Crippen LogP contribution in [0.2, 0.25) is 0 Å². The highest BCUT2D eigenvalue weighted by molar-refractivity contribution is 5.79. The van der Waals surface area contributed by atoms with Crippen molar-refractivity contribution in [2.24, 2.45) is 28.9 Å². The van der Waals surface area contributed by atoms with Gasteiger partial charge in [-0.15, -0.1) is 0 Å². The van der Waals surface area contributed by atoms with Crippen LogP contribution < -0.4 is 5.73 Å². The van der Waals surface area contributed by atoms with E-state index in [1.165, 1.54) is 6.42 Å². The Bertz CT molecular complexity index is 461. The number of nitrogens with two attached hydrogens (primary N) is 1. The summed E-state index contributed by atoms with van der Waals surface area (Å²) in [5.74, 6) is 1.07. The highest BCUT2D eigenvalue weighted by Gasteiger charge is 2.66. The van der Waals surface area contributed by atoms with Crippen LogP contribution in [0.1, 0.15) is 44.9 Å². The molecule has 1 saturated heterocycles. The van der Waals surface area contributed by atoms with Gasteiger partial charge in [-0.25, -0.2) is 0 Å². The van der Waals surface area contributed by atoms with Gasteiger partial charge in [0.15, 0.2) is 0 Å². The summed E-state index contributed by atoms with van der Waals surface area (Å²) in [6.45, 7) is 2.72. The summed E-state index contributed by atoms with van der Waals surface area (Å²) in [7, 11) is 0. The van der Waals surface area contributed by atoms with Gasteiger partial charge < -0.3 is 20.5 Å². The van der Waals surface area contributed by atoms with E-state index >= 15 is 0 Å². The highest BCUT2D eigenvalue weighted by Crippen LogP contribution is 2.65. The minimum Gasteiger partial charge on any atom is -0.378 e. The van der Waals surface area contributed by atoms with Crippen molar-refractivity contribution in [3.63, 3.8) is 0 Å². The number of amides is 1. The molecule has 3 N–H and O–H groups in total. The second kappa shape index (κ2) is 5.18. The average molecular weight is 308 g/mol. The minimum absolute atomic E-state index is 0.0428. The fourth-order valence-corrected chi connectivity index (χ4v) is 5.91. The fourth-order valence-electron chi connectivity index (χ4n) is 5.91. The summed E-state index contributed by atoms with van der Waals surface area (Å²) in [6, 6.07) is 0. The molecule has 1 heterocycles. The Balaban J connectivity index is 1.53. The van der Waals surface area contributed by atoms with Crippen LogP contribution in [0.5, 0.6) is 0 Å². The second-order valence-electron chi connectivity index (χ2n) is 7.92. The largest absolute Gasteiger partial charge is 0.378 e. The molecular weight excluding hydrogens is 280 g/mol. The molecule has 1 spiro atoms. The van der Waals surface area contributed by atoms with Crippen molar-refractivity contribution in [1.29, 1.82) is 0 Å². The van der Waals surface area contributed by atoms with Crippen LogP contribution >= 0.6 is 0 Å². The zero-order valence-electron chi connectivity index (χ0n) is 13.3. The van der Waals surface area contributed by atoms with Crippen LogP contribution in [0, 0.1) is 23.2 Å². The number of ether oxygens (including phenoxy) is 1. The minimum atomic E-state index is -1.06. The average Bonchev–Trinajstić information content (AvgIpc) is 3.11. The Hall–Kier alpha value is -0.650. The lowest BCUT2D eigenvalue weighted by atomic mass is 9.57. The Morgan fingerprint density at radius 3 is 2.59 bits per heavy atom. The second-order valence-corrected chi connectivity index (χ2v) is 7.92. The molecular formula is C17H28N2O3. The van der Waals surface area contributed by atoms with Crippen LogP contribution in [-0.2, 0) is 9.53 Å². The van der Waals surface area contributed by atoms with Crippen LogP contribution in [0.15, 0.2) is 0 Å². The molecule has 0 aromatic rings. The van der Waals surface area contributed by atoms with Gasteiger partial charge >= 0.3 is 0 Å². The van der Waals surface area contributed by atoms with Gasteiger partial charge in [0.05, 0.1) is 13.2 Å². The number of morpholine rings is 1. The molecule has 1 aliphatic heterocycles. The summed E-state index contributed by atoms with van der Waals surface area (Å²) in [5.41, 5.74) is 5.16. The normalized spacial score (nSPS) is 48.1. The fraction of sp³-hybridized carbons (Fsp3) is 0.941. The van der Waals surface area contributed by atoms with E-state index in [4.69, 9.17) is 10.5 Å². The van der Waals surface area contributed by atoms with Crippen molar-refractivity contribution in [2.75, 3.05) is 26.3 Å². The van der Waals surface area contributed by atoms with Crippen molar-refractivity contribution in [3.05, 3.63) is 0 Å². The Kier molecular flexibility index (Phi) is 3.51. The number of fused-ring (bicyclic) bond motifs is 3. The summed E-state index contributed by atoms with van der Waals surface area (Å²) < 4.78 is 5.35. The quantitative estimate of drug-likeness (QED) is 0.711. The number of aliphatic hydroxyl groups is 1. The lowest BCUT2D eigenvalue weighted by Crippen LogP contribution is -2.61. The summed E-state index contributed by atoms with van der Waals surface area (Å²) >= 11 is 0. The molecule has 1 unspecified atom stereocenters. The molecule has 2 bridgehead atoms. The van der Waals surface area contributed by atoms with Gasteiger partial charge in [-0.05, 0) is 44.4 Å². The van der Waals surface area contributed by atoms with Gasteiger partial charge in [-0.1, -0.05) is 6.42 Å². The van der Waals surface area contributed by atoms with Crippen molar-refractivity contribution in [2.45, 2.75) is 50.7 Å². The van der Waals surface area contributed by atoms with Crippen LogP contribution in [0.3, 0.4) is 0 Å². The molecule has 22 heavy (non-hydrogen) atoms. The molecule has 0 radical (unpaired) electrons.